The molecule has 0 aliphatic carbocycles. The van der Waals surface area contributed by atoms with Crippen LogP contribution in [0.3, 0.4) is 0 Å². The monoisotopic (exact) mass is 294 g/mol. The van der Waals surface area contributed by atoms with Crippen molar-refractivity contribution < 1.29 is 4.39 Å². The van der Waals surface area contributed by atoms with E-state index in [4.69, 9.17) is 0 Å². The highest BCUT2D eigenvalue weighted by Gasteiger charge is 2.15. The highest BCUT2D eigenvalue weighted by molar-refractivity contribution is 5.83. The lowest BCUT2D eigenvalue weighted by atomic mass is 10.3. The molecular weight excluding hydrogens is 283 g/mol. The summed E-state index contributed by atoms with van der Waals surface area (Å²) in [5.41, 5.74) is 0.896. The van der Waals surface area contributed by atoms with E-state index >= 15 is 0 Å². The predicted molar refractivity (Wildman–Crippen MR) is 78.5 cm³/mol. The fourth-order valence-corrected chi connectivity index (χ4v) is 2.43. The second-order valence-electron chi connectivity index (χ2n) is 4.79. The molecular formula is C15H11FN6. The maximum atomic E-state index is 14.0. The zero-order chi connectivity index (χ0) is 15.1. The van der Waals surface area contributed by atoms with Gasteiger partial charge >= 0.3 is 0 Å². The van der Waals surface area contributed by atoms with Crippen LogP contribution in [0, 0.1) is 12.7 Å². The molecule has 0 saturated heterocycles. The Kier molecular flexibility index (Phi) is 2.72. The van der Waals surface area contributed by atoms with Gasteiger partial charge in [0.25, 0.3) is 0 Å². The zero-order valence-corrected chi connectivity index (χ0v) is 11.7. The standard InChI is InChI=1S/C15H11FN6/c1-10-17-6-7-21(10)14-11-8-20-22(15(11)19-9-18-14)13-5-3-2-4-12(13)16/h2-9H,1H3. The van der Waals surface area contributed by atoms with Crippen molar-refractivity contribution in [3.05, 3.63) is 60.8 Å². The summed E-state index contributed by atoms with van der Waals surface area (Å²) in [7, 11) is 0. The first-order chi connectivity index (χ1) is 10.8. The number of benzene rings is 1. The third-order valence-electron chi connectivity index (χ3n) is 3.48. The largest absolute Gasteiger partial charge is 0.287 e. The average Bonchev–Trinajstić information content (AvgIpc) is 3.14. The van der Waals surface area contributed by atoms with Gasteiger partial charge in [0, 0.05) is 12.4 Å². The number of para-hydroxylation sites is 1. The van der Waals surface area contributed by atoms with E-state index in [0.29, 0.717) is 17.2 Å². The lowest BCUT2D eigenvalue weighted by Gasteiger charge is -2.06. The molecule has 7 heteroatoms. The van der Waals surface area contributed by atoms with Gasteiger partial charge in [0.15, 0.2) is 11.5 Å². The summed E-state index contributed by atoms with van der Waals surface area (Å²) in [6, 6.07) is 6.45. The molecule has 22 heavy (non-hydrogen) atoms. The lowest BCUT2D eigenvalue weighted by Crippen LogP contribution is -2.03. The van der Waals surface area contributed by atoms with Gasteiger partial charge in [0.1, 0.15) is 23.7 Å². The zero-order valence-electron chi connectivity index (χ0n) is 11.7. The highest BCUT2D eigenvalue weighted by Crippen LogP contribution is 2.22. The molecule has 0 saturated carbocycles. The van der Waals surface area contributed by atoms with Crippen LogP contribution in [0.2, 0.25) is 0 Å². The van der Waals surface area contributed by atoms with Crippen molar-refractivity contribution in [2.45, 2.75) is 6.92 Å². The Morgan fingerprint density at radius 3 is 2.73 bits per heavy atom. The molecule has 4 rings (SSSR count). The van der Waals surface area contributed by atoms with Crippen LogP contribution in [0.4, 0.5) is 4.39 Å². The van der Waals surface area contributed by atoms with E-state index in [1.807, 2.05) is 17.7 Å². The Morgan fingerprint density at radius 2 is 1.95 bits per heavy atom. The van der Waals surface area contributed by atoms with Gasteiger partial charge in [-0.2, -0.15) is 5.10 Å². The number of nitrogens with zero attached hydrogens (tertiary/aromatic N) is 6. The van der Waals surface area contributed by atoms with Crippen LogP contribution in [-0.4, -0.2) is 29.3 Å². The molecule has 0 atom stereocenters. The van der Waals surface area contributed by atoms with Gasteiger partial charge < -0.3 is 0 Å². The van der Waals surface area contributed by atoms with Gasteiger partial charge in [0.2, 0.25) is 0 Å². The summed E-state index contributed by atoms with van der Waals surface area (Å²) in [4.78, 5) is 12.7. The Morgan fingerprint density at radius 1 is 1.09 bits per heavy atom. The van der Waals surface area contributed by atoms with E-state index < -0.39 is 0 Å². The third kappa shape index (κ3) is 1.79. The van der Waals surface area contributed by atoms with Crippen LogP contribution < -0.4 is 0 Å². The third-order valence-corrected chi connectivity index (χ3v) is 3.48. The first-order valence-corrected chi connectivity index (χ1v) is 6.69. The molecule has 4 aromatic rings. The van der Waals surface area contributed by atoms with Crippen LogP contribution in [0.15, 0.2) is 49.2 Å². The molecule has 0 N–H and O–H groups in total. The number of imidazole rings is 1. The summed E-state index contributed by atoms with van der Waals surface area (Å²) >= 11 is 0. The van der Waals surface area contributed by atoms with E-state index in [2.05, 4.69) is 20.1 Å². The van der Waals surface area contributed by atoms with Gasteiger partial charge in [-0.3, -0.25) is 4.57 Å². The summed E-state index contributed by atoms with van der Waals surface area (Å²) in [6.45, 7) is 1.88. The van der Waals surface area contributed by atoms with Gasteiger partial charge in [0.05, 0.1) is 11.6 Å². The second kappa shape index (κ2) is 4.73. The van der Waals surface area contributed by atoms with Crippen LogP contribution in [0.25, 0.3) is 22.5 Å². The molecule has 0 aliphatic heterocycles. The Balaban J connectivity index is 1.99. The first kappa shape index (κ1) is 12.6. The van der Waals surface area contributed by atoms with E-state index in [0.717, 1.165) is 11.2 Å². The Hall–Kier alpha value is -3.09. The minimum atomic E-state index is -0.355. The Bertz CT molecular complexity index is 971. The van der Waals surface area contributed by atoms with Crippen molar-refractivity contribution in [3.8, 4) is 11.5 Å². The van der Waals surface area contributed by atoms with Crippen LogP contribution in [0.1, 0.15) is 5.82 Å². The fraction of sp³-hybridized carbons (Fsp3) is 0.0667. The van der Waals surface area contributed by atoms with Gasteiger partial charge in [-0.15, -0.1) is 0 Å². The van der Waals surface area contributed by atoms with Crippen LogP contribution in [0.5, 0.6) is 0 Å². The minimum Gasteiger partial charge on any atom is -0.287 e. The number of aryl methyl sites for hydroxylation is 1. The SMILES string of the molecule is Cc1nccn1-c1ncnc2c1cnn2-c1ccccc1F. The summed E-state index contributed by atoms with van der Waals surface area (Å²) in [5.74, 6) is 1.12. The molecule has 108 valence electrons. The smallest absolute Gasteiger partial charge is 0.168 e. The highest BCUT2D eigenvalue weighted by atomic mass is 19.1. The molecule has 0 aliphatic rings. The normalized spacial score (nSPS) is 11.2. The average molecular weight is 294 g/mol. The summed E-state index contributed by atoms with van der Waals surface area (Å²) in [5, 5.41) is 5.00. The number of hydrogen-bond acceptors (Lipinski definition) is 4. The molecule has 0 spiro atoms. The molecule has 0 fully saturated rings. The van der Waals surface area contributed by atoms with Crippen molar-refractivity contribution in [1.82, 2.24) is 29.3 Å². The molecule has 3 aromatic heterocycles. The van der Waals surface area contributed by atoms with E-state index in [1.54, 1.807) is 30.6 Å². The quantitative estimate of drug-likeness (QED) is 0.569. The van der Waals surface area contributed by atoms with Crippen LogP contribution >= 0.6 is 0 Å². The van der Waals surface area contributed by atoms with Crippen molar-refractivity contribution in [3.63, 3.8) is 0 Å². The molecule has 1 aromatic carbocycles. The summed E-state index contributed by atoms with van der Waals surface area (Å²) in [6.07, 6.45) is 6.59. The topological polar surface area (TPSA) is 61.4 Å². The molecule has 0 amide bonds. The van der Waals surface area contributed by atoms with Crippen molar-refractivity contribution >= 4 is 11.0 Å². The van der Waals surface area contributed by atoms with Gasteiger partial charge in [-0.1, -0.05) is 12.1 Å². The van der Waals surface area contributed by atoms with Gasteiger partial charge in [-0.05, 0) is 19.1 Å². The second-order valence-corrected chi connectivity index (χ2v) is 4.79. The fourth-order valence-electron chi connectivity index (χ4n) is 2.43. The van der Waals surface area contributed by atoms with E-state index in [9.17, 15) is 4.39 Å². The number of halogens is 1. The predicted octanol–water partition coefficient (Wildman–Crippen LogP) is 2.45. The number of fused-ring (bicyclic) bond motifs is 1. The molecule has 0 bridgehead atoms. The number of aromatic nitrogens is 6. The molecule has 0 radical (unpaired) electrons. The minimum absolute atomic E-state index is 0.351. The molecule has 6 nitrogen and oxygen atoms in total. The van der Waals surface area contributed by atoms with Crippen molar-refractivity contribution in [1.29, 1.82) is 0 Å². The Labute approximate surface area is 124 Å². The van der Waals surface area contributed by atoms with Crippen molar-refractivity contribution in [2.75, 3.05) is 0 Å². The maximum absolute atomic E-state index is 14.0. The lowest BCUT2D eigenvalue weighted by molar-refractivity contribution is 0.612. The molecule has 0 unspecified atom stereocenters. The van der Waals surface area contributed by atoms with Crippen LogP contribution in [-0.2, 0) is 0 Å². The maximum Gasteiger partial charge on any atom is 0.168 e. The van der Waals surface area contributed by atoms with Crippen molar-refractivity contribution in [2.24, 2.45) is 0 Å². The summed E-state index contributed by atoms with van der Waals surface area (Å²) < 4.78 is 17.3. The molecule has 3 heterocycles. The van der Waals surface area contributed by atoms with E-state index in [1.165, 1.54) is 17.1 Å². The number of rotatable bonds is 2. The number of hydrogen-bond donors (Lipinski definition) is 0. The van der Waals surface area contributed by atoms with E-state index in [-0.39, 0.29) is 5.82 Å². The van der Waals surface area contributed by atoms with Gasteiger partial charge in [-0.25, -0.2) is 24.0 Å². The first-order valence-electron chi connectivity index (χ1n) is 6.69.